The molecule has 2 N–H and O–H groups in total. The van der Waals surface area contributed by atoms with E-state index < -0.39 is 17.9 Å². The second-order valence-electron chi connectivity index (χ2n) is 5.26. The van der Waals surface area contributed by atoms with Gasteiger partial charge in [0.2, 0.25) is 0 Å². The first-order valence-electron chi connectivity index (χ1n) is 7.08. The minimum atomic E-state index is -1.02. The molecule has 116 valence electrons. The number of carbonyl (C=O) groups is 2. The first-order valence-corrected chi connectivity index (χ1v) is 7.08. The van der Waals surface area contributed by atoms with E-state index in [0.717, 1.165) is 16.7 Å². The van der Waals surface area contributed by atoms with Crippen molar-refractivity contribution in [1.29, 1.82) is 0 Å². The van der Waals surface area contributed by atoms with Crippen LogP contribution in [0.2, 0.25) is 0 Å². The van der Waals surface area contributed by atoms with Crippen LogP contribution in [0.4, 0.5) is 0 Å². The molecule has 0 unspecified atom stereocenters. The highest BCUT2D eigenvalue weighted by Gasteiger charge is 2.19. The molecule has 1 amide bonds. The zero-order valence-corrected chi connectivity index (χ0v) is 13.0. The van der Waals surface area contributed by atoms with Crippen LogP contribution in [0.15, 0.2) is 12.1 Å². The van der Waals surface area contributed by atoms with E-state index in [1.807, 2.05) is 39.8 Å². The molecule has 0 radical (unpaired) electrons. The Balaban J connectivity index is 2.63. The average Bonchev–Trinajstić information content (AvgIpc) is 2.36. The zero-order chi connectivity index (χ0) is 16.0. The highest BCUT2D eigenvalue weighted by atomic mass is 16.5. The molecule has 0 saturated carbocycles. The van der Waals surface area contributed by atoms with Gasteiger partial charge in [0.05, 0.1) is 0 Å². The van der Waals surface area contributed by atoms with Crippen molar-refractivity contribution in [2.24, 2.45) is 0 Å². The summed E-state index contributed by atoms with van der Waals surface area (Å²) in [5.41, 5.74) is 3.06. The number of rotatable bonds is 7. The third kappa shape index (κ3) is 5.10. The Morgan fingerprint density at radius 2 is 1.81 bits per heavy atom. The number of amides is 1. The highest BCUT2D eigenvalue weighted by Crippen LogP contribution is 2.24. The van der Waals surface area contributed by atoms with Gasteiger partial charge in [0.1, 0.15) is 11.8 Å². The molecular formula is C16H23NO4. The molecular weight excluding hydrogens is 270 g/mol. The van der Waals surface area contributed by atoms with Gasteiger partial charge in [-0.1, -0.05) is 31.0 Å². The number of nitrogens with one attached hydrogen (secondary N) is 1. The normalized spacial score (nSPS) is 11.8. The number of benzene rings is 1. The van der Waals surface area contributed by atoms with Crippen LogP contribution >= 0.6 is 0 Å². The molecule has 21 heavy (non-hydrogen) atoms. The lowest BCUT2D eigenvalue weighted by Crippen LogP contribution is -2.42. The number of carboxylic acids is 1. The number of hydrogen-bond donors (Lipinski definition) is 2. The summed E-state index contributed by atoms with van der Waals surface area (Å²) in [7, 11) is 0. The van der Waals surface area contributed by atoms with Crippen molar-refractivity contribution >= 4 is 11.9 Å². The van der Waals surface area contributed by atoms with E-state index in [1.165, 1.54) is 0 Å². The molecule has 0 fully saturated rings. The molecule has 1 rings (SSSR count). The van der Waals surface area contributed by atoms with Gasteiger partial charge in [-0.15, -0.1) is 0 Å². The molecule has 0 heterocycles. The van der Waals surface area contributed by atoms with Crippen molar-refractivity contribution in [3.05, 3.63) is 28.8 Å². The molecule has 0 aliphatic rings. The van der Waals surface area contributed by atoms with E-state index in [9.17, 15) is 9.59 Å². The quantitative estimate of drug-likeness (QED) is 0.809. The molecule has 0 aromatic heterocycles. The molecule has 5 heteroatoms. The van der Waals surface area contributed by atoms with Crippen molar-refractivity contribution in [3.63, 3.8) is 0 Å². The van der Waals surface area contributed by atoms with Crippen LogP contribution in [0.1, 0.15) is 36.5 Å². The van der Waals surface area contributed by atoms with Crippen molar-refractivity contribution < 1.29 is 19.4 Å². The van der Waals surface area contributed by atoms with E-state index in [2.05, 4.69) is 5.32 Å². The summed E-state index contributed by atoms with van der Waals surface area (Å²) in [4.78, 5) is 22.8. The van der Waals surface area contributed by atoms with Crippen LogP contribution in [-0.2, 0) is 9.59 Å². The van der Waals surface area contributed by atoms with Gasteiger partial charge < -0.3 is 15.2 Å². The lowest BCUT2D eigenvalue weighted by Gasteiger charge is -2.16. The van der Waals surface area contributed by atoms with E-state index in [4.69, 9.17) is 9.84 Å². The van der Waals surface area contributed by atoms with Gasteiger partial charge in [0.25, 0.3) is 5.91 Å². The fourth-order valence-corrected chi connectivity index (χ4v) is 2.31. The van der Waals surface area contributed by atoms with Crippen molar-refractivity contribution in [2.75, 3.05) is 6.61 Å². The lowest BCUT2D eigenvalue weighted by molar-refractivity contribution is -0.142. The third-order valence-corrected chi connectivity index (χ3v) is 3.16. The largest absolute Gasteiger partial charge is 0.483 e. The van der Waals surface area contributed by atoms with E-state index in [1.54, 1.807) is 0 Å². The van der Waals surface area contributed by atoms with E-state index >= 15 is 0 Å². The molecule has 0 saturated heterocycles. The highest BCUT2D eigenvalue weighted by molar-refractivity contribution is 5.84. The fraction of sp³-hybridized carbons (Fsp3) is 0.500. The van der Waals surface area contributed by atoms with Crippen LogP contribution in [0.5, 0.6) is 5.75 Å². The smallest absolute Gasteiger partial charge is 0.326 e. The standard InChI is InChI=1S/C16H23NO4/c1-5-6-13(16(19)20)17-14(18)9-21-15-11(3)7-10(2)8-12(15)4/h7-8,13H,5-6,9H2,1-4H3,(H,17,18)(H,19,20)/t13-/m1/s1. The number of ether oxygens (including phenoxy) is 1. The first kappa shape index (κ1) is 17.0. The molecule has 0 bridgehead atoms. The topological polar surface area (TPSA) is 75.6 Å². The summed E-state index contributed by atoms with van der Waals surface area (Å²) in [5.74, 6) is -0.763. The number of aliphatic carboxylic acids is 1. The predicted octanol–water partition coefficient (Wildman–Crippen LogP) is 2.36. The molecule has 1 atom stereocenters. The Morgan fingerprint density at radius 3 is 2.29 bits per heavy atom. The van der Waals surface area contributed by atoms with Crippen LogP contribution in [0, 0.1) is 20.8 Å². The van der Waals surface area contributed by atoms with Crippen LogP contribution in [0.3, 0.4) is 0 Å². The molecule has 1 aromatic rings. The second kappa shape index (κ2) is 7.67. The summed E-state index contributed by atoms with van der Waals surface area (Å²) < 4.78 is 5.54. The van der Waals surface area contributed by atoms with Crippen molar-refractivity contribution in [2.45, 2.75) is 46.6 Å². The van der Waals surface area contributed by atoms with E-state index in [-0.39, 0.29) is 6.61 Å². The zero-order valence-electron chi connectivity index (χ0n) is 13.0. The summed E-state index contributed by atoms with van der Waals surface area (Å²) >= 11 is 0. The summed E-state index contributed by atoms with van der Waals surface area (Å²) in [6.45, 7) is 7.53. The van der Waals surface area contributed by atoms with Gasteiger partial charge in [-0.3, -0.25) is 4.79 Å². The molecule has 0 spiro atoms. The molecule has 5 nitrogen and oxygen atoms in total. The Morgan fingerprint density at radius 1 is 1.24 bits per heavy atom. The summed E-state index contributed by atoms with van der Waals surface area (Å²) in [6.07, 6.45) is 1.10. The monoisotopic (exact) mass is 293 g/mol. The second-order valence-corrected chi connectivity index (χ2v) is 5.26. The number of aryl methyl sites for hydroxylation is 3. The van der Waals surface area contributed by atoms with Gasteiger partial charge in [0, 0.05) is 0 Å². The molecule has 1 aromatic carbocycles. The summed E-state index contributed by atoms with van der Waals surface area (Å²) in [6, 6.07) is 3.11. The number of carboxylic acid groups (broad SMARTS) is 1. The van der Waals surface area contributed by atoms with E-state index in [0.29, 0.717) is 18.6 Å². The minimum Gasteiger partial charge on any atom is -0.483 e. The Labute approximate surface area is 125 Å². The number of carbonyl (C=O) groups excluding carboxylic acids is 1. The Bertz CT molecular complexity index is 502. The minimum absolute atomic E-state index is 0.182. The van der Waals surface area contributed by atoms with Crippen molar-refractivity contribution in [1.82, 2.24) is 5.32 Å². The fourth-order valence-electron chi connectivity index (χ4n) is 2.31. The van der Waals surface area contributed by atoms with Crippen LogP contribution in [0.25, 0.3) is 0 Å². The SMILES string of the molecule is CCC[C@@H](NC(=O)COc1c(C)cc(C)cc1C)C(=O)O. The van der Waals surface area contributed by atoms with Gasteiger partial charge in [-0.05, 0) is 38.3 Å². The Kier molecular flexibility index (Phi) is 6.21. The number of hydrogen-bond acceptors (Lipinski definition) is 3. The third-order valence-electron chi connectivity index (χ3n) is 3.16. The maximum atomic E-state index is 11.8. The molecule has 0 aliphatic carbocycles. The van der Waals surface area contributed by atoms with Gasteiger partial charge >= 0.3 is 5.97 Å². The van der Waals surface area contributed by atoms with Crippen LogP contribution < -0.4 is 10.1 Å². The maximum absolute atomic E-state index is 11.8. The average molecular weight is 293 g/mol. The Hall–Kier alpha value is -2.04. The predicted molar refractivity (Wildman–Crippen MR) is 80.6 cm³/mol. The lowest BCUT2D eigenvalue weighted by atomic mass is 10.1. The first-order chi connectivity index (χ1) is 9.85. The van der Waals surface area contributed by atoms with Gasteiger partial charge in [-0.2, -0.15) is 0 Å². The maximum Gasteiger partial charge on any atom is 0.326 e. The van der Waals surface area contributed by atoms with Crippen LogP contribution in [-0.4, -0.2) is 29.6 Å². The summed E-state index contributed by atoms with van der Waals surface area (Å²) in [5, 5.41) is 11.5. The molecule has 0 aliphatic heterocycles. The van der Waals surface area contributed by atoms with Gasteiger partial charge in [0.15, 0.2) is 6.61 Å². The van der Waals surface area contributed by atoms with Crippen molar-refractivity contribution in [3.8, 4) is 5.75 Å². The van der Waals surface area contributed by atoms with Gasteiger partial charge in [-0.25, -0.2) is 4.79 Å².